The highest BCUT2D eigenvalue weighted by molar-refractivity contribution is 5.81. The van der Waals surface area contributed by atoms with Crippen molar-refractivity contribution in [1.29, 1.82) is 0 Å². The van der Waals surface area contributed by atoms with Gasteiger partial charge >= 0.3 is 5.97 Å². The average Bonchev–Trinajstić information content (AvgIpc) is 2.27. The van der Waals surface area contributed by atoms with Crippen LogP contribution in [0.4, 0.5) is 0 Å². The first-order valence-corrected chi connectivity index (χ1v) is 4.44. The number of aliphatic hydroxyl groups is 1. The van der Waals surface area contributed by atoms with E-state index < -0.39 is 12.1 Å². The van der Waals surface area contributed by atoms with E-state index in [4.69, 9.17) is 5.11 Å². The zero-order valence-electron chi connectivity index (χ0n) is 7.79. The van der Waals surface area contributed by atoms with Crippen molar-refractivity contribution in [3.63, 3.8) is 0 Å². The molecule has 2 rings (SSSR count). The largest absolute Gasteiger partial charge is 0.479 e. The van der Waals surface area contributed by atoms with Crippen molar-refractivity contribution in [1.82, 2.24) is 4.98 Å². The van der Waals surface area contributed by atoms with Crippen molar-refractivity contribution in [3.05, 3.63) is 42.1 Å². The molecular weight excluding hydrogens is 194 g/mol. The Morgan fingerprint density at radius 2 is 2.07 bits per heavy atom. The van der Waals surface area contributed by atoms with Crippen LogP contribution in [-0.2, 0) is 4.79 Å². The summed E-state index contributed by atoms with van der Waals surface area (Å²) in [4.78, 5) is 14.6. The first kappa shape index (κ1) is 9.61. The number of pyridine rings is 1. The summed E-state index contributed by atoms with van der Waals surface area (Å²) in [5, 5.41) is 18.8. The number of carboxylic acids is 1. The molecule has 1 aromatic carbocycles. The molecule has 0 aliphatic heterocycles. The van der Waals surface area contributed by atoms with Crippen molar-refractivity contribution in [2.45, 2.75) is 6.10 Å². The van der Waals surface area contributed by atoms with Crippen molar-refractivity contribution in [2.75, 3.05) is 0 Å². The number of aliphatic carboxylic acids is 1. The summed E-state index contributed by atoms with van der Waals surface area (Å²) in [6, 6.07) is 8.96. The molecule has 0 spiro atoms. The number of hydrogen-bond acceptors (Lipinski definition) is 3. The van der Waals surface area contributed by atoms with Crippen LogP contribution in [-0.4, -0.2) is 21.2 Å². The Morgan fingerprint density at radius 3 is 2.80 bits per heavy atom. The van der Waals surface area contributed by atoms with Gasteiger partial charge in [-0.2, -0.15) is 0 Å². The lowest BCUT2D eigenvalue weighted by Gasteiger charge is -2.05. The van der Waals surface area contributed by atoms with Crippen LogP contribution in [0, 0.1) is 0 Å². The van der Waals surface area contributed by atoms with Gasteiger partial charge in [0, 0.05) is 17.1 Å². The first-order valence-electron chi connectivity index (χ1n) is 4.44. The second kappa shape index (κ2) is 3.67. The Kier molecular flexibility index (Phi) is 2.35. The van der Waals surface area contributed by atoms with Crippen LogP contribution in [0.15, 0.2) is 36.5 Å². The Bertz CT molecular complexity index is 510. The minimum Gasteiger partial charge on any atom is -0.479 e. The highest BCUT2D eigenvalue weighted by Crippen LogP contribution is 2.17. The maximum absolute atomic E-state index is 10.6. The van der Waals surface area contributed by atoms with E-state index in [-0.39, 0.29) is 0 Å². The van der Waals surface area contributed by atoms with Crippen LogP contribution >= 0.6 is 0 Å². The number of fused-ring (bicyclic) bond motifs is 1. The Morgan fingerprint density at radius 1 is 1.33 bits per heavy atom. The smallest absolute Gasteiger partial charge is 0.337 e. The highest BCUT2D eigenvalue weighted by atomic mass is 16.4. The molecule has 0 saturated heterocycles. The summed E-state index contributed by atoms with van der Waals surface area (Å²) in [6.45, 7) is 0. The molecule has 76 valence electrons. The lowest BCUT2D eigenvalue weighted by atomic mass is 10.1. The normalized spacial score (nSPS) is 12.6. The molecule has 1 aromatic heterocycles. The number of carboxylic acid groups (broad SMARTS) is 1. The lowest BCUT2D eigenvalue weighted by molar-refractivity contribution is -0.146. The number of hydrogen-bond donors (Lipinski definition) is 2. The second-order valence-corrected chi connectivity index (χ2v) is 3.20. The Balaban J connectivity index is 2.51. The molecule has 15 heavy (non-hydrogen) atoms. The second-order valence-electron chi connectivity index (χ2n) is 3.20. The molecular formula is C11H9NO3. The standard InChI is InChI=1S/C11H9NO3/c13-10(11(14)15)8-5-7-3-1-2-4-9(7)12-6-8/h1-6,10,13H,(H,14,15). The van der Waals surface area contributed by atoms with E-state index >= 15 is 0 Å². The SMILES string of the molecule is O=C(O)C(O)c1cnc2ccccc2c1. The zero-order chi connectivity index (χ0) is 10.8. The van der Waals surface area contributed by atoms with Crippen LogP contribution in [0.3, 0.4) is 0 Å². The summed E-state index contributed by atoms with van der Waals surface area (Å²) in [7, 11) is 0. The molecule has 2 N–H and O–H groups in total. The Hall–Kier alpha value is -1.94. The number of aromatic nitrogens is 1. The van der Waals surface area contributed by atoms with Crippen LogP contribution in [0.2, 0.25) is 0 Å². The maximum atomic E-state index is 10.6. The van der Waals surface area contributed by atoms with Gasteiger partial charge in [-0.05, 0) is 12.1 Å². The number of carbonyl (C=O) groups is 1. The van der Waals surface area contributed by atoms with E-state index in [2.05, 4.69) is 4.98 Å². The molecule has 0 saturated carbocycles. The van der Waals surface area contributed by atoms with E-state index in [1.165, 1.54) is 6.20 Å². The molecule has 0 aliphatic rings. The minimum atomic E-state index is -1.51. The number of nitrogens with zero attached hydrogens (tertiary/aromatic N) is 1. The molecule has 0 bridgehead atoms. The van der Waals surface area contributed by atoms with Crippen molar-refractivity contribution < 1.29 is 15.0 Å². The van der Waals surface area contributed by atoms with Gasteiger partial charge < -0.3 is 10.2 Å². The van der Waals surface area contributed by atoms with E-state index in [1.54, 1.807) is 6.07 Å². The number of para-hydroxylation sites is 1. The van der Waals surface area contributed by atoms with Gasteiger partial charge in [-0.15, -0.1) is 0 Å². The monoisotopic (exact) mass is 203 g/mol. The molecule has 0 radical (unpaired) electrons. The van der Waals surface area contributed by atoms with Crippen LogP contribution < -0.4 is 0 Å². The van der Waals surface area contributed by atoms with Crippen molar-refractivity contribution >= 4 is 16.9 Å². The van der Waals surface area contributed by atoms with E-state index in [1.807, 2.05) is 24.3 Å². The van der Waals surface area contributed by atoms with Crippen molar-refractivity contribution in [2.24, 2.45) is 0 Å². The fraction of sp³-hybridized carbons (Fsp3) is 0.0909. The van der Waals surface area contributed by atoms with Crippen LogP contribution in [0.1, 0.15) is 11.7 Å². The Labute approximate surface area is 85.8 Å². The minimum absolute atomic E-state index is 0.293. The number of benzene rings is 1. The maximum Gasteiger partial charge on any atom is 0.337 e. The molecule has 4 heteroatoms. The van der Waals surface area contributed by atoms with Crippen molar-refractivity contribution in [3.8, 4) is 0 Å². The third kappa shape index (κ3) is 1.80. The summed E-state index contributed by atoms with van der Waals surface area (Å²) >= 11 is 0. The predicted molar refractivity (Wildman–Crippen MR) is 54.3 cm³/mol. The van der Waals surface area contributed by atoms with Gasteiger partial charge in [0.25, 0.3) is 0 Å². The molecule has 4 nitrogen and oxygen atoms in total. The van der Waals surface area contributed by atoms with E-state index in [0.717, 1.165) is 10.9 Å². The summed E-state index contributed by atoms with van der Waals surface area (Å²) in [5.74, 6) is -1.27. The zero-order valence-corrected chi connectivity index (χ0v) is 7.79. The van der Waals surface area contributed by atoms with Gasteiger partial charge in [0.15, 0.2) is 6.10 Å². The number of rotatable bonds is 2. The van der Waals surface area contributed by atoms with Crippen LogP contribution in [0.25, 0.3) is 10.9 Å². The average molecular weight is 203 g/mol. The van der Waals surface area contributed by atoms with Gasteiger partial charge in [-0.25, -0.2) is 4.79 Å². The third-order valence-corrected chi connectivity index (χ3v) is 2.16. The third-order valence-electron chi connectivity index (χ3n) is 2.16. The predicted octanol–water partition coefficient (Wildman–Crippen LogP) is 1.35. The van der Waals surface area contributed by atoms with E-state index in [9.17, 15) is 9.90 Å². The topological polar surface area (TPSA) is 70.4 Å². The fourth-order valence-electron chi connectivity index (χ4n) is 1.38. The molecule has 1 atom stereocenters. The molecule has 0 amide bonds. The van der Waals surface area contributed by atoms with Gasteiger partial charge in [-0.3, -0.25) is 4.98 Å². The molecule has 0 fully saturated rings. The van der Waals surface area contributed by atoms with Crippen LogP contribution in [0.5, 0.6) is 0 Å². The summed E-state index contributed by atoms with van der Waals surface area (Å²) in [6.07, 6.45) is -0.136. The van der Waals surface area contributed by atoms with Gasteiger partial charge in [0.2, 0.25) is 0 Å². The van der Waals surface area contributed by atoms with Gasteiger partial charge in [-0.1, -0.05) is 18.2 Å². The molecule has 2 aromatic rings. The molecule has 0 aliphatic carbocycles. The molecule has 1 heterocycles. The first-order chi connectivity index (χ1) is 7.18. The number of aliphatic hydroxyl groups excluding tert-OH is 1. The summed E-state index contributed by atoms with van der Waals surface area (Å²) in [5.41, 5.74) is 1.07. The fourth-order valence-corrected chi connectivity index (χ4v) is 1.38. The van der Waals surface area contributed by atoms with E-state index in [0.29, 0.717) is 5.56 Å². The quantitative estimate of drug-likeness (QED) is 0.772. The van der Waals surface area contributed by atoms with Gasteiger partial charge in [0.1, 0.15) is 0 Å². The van der Waals surface area contributed by atoms with Gasteiger partial charge in [0.05, 0.1) is 5.52 Å². The highest BCUT2D eigenvalue weighted by Gasteiger charge is 2.16. The lowest BCUT2D eigenvalue weighted by Crippen LogP contribution is -2.10. The molecule has 1 unspecified atom stereocenters. The summed E-state index contributed by atoms with van der Waals surface area (Å²) < 4.78 is 0.